The molecule has 1 saturated carbocycles. The van der Waals surface area contributed by atoms with Crippen molar-refractivity contribution in [2.24, 2.45) is 0 Å². The summed E-state index contributed by atoms with van der Waals surface area (Å²) in [5, 5.41) is 0. The van der Waals surface area contributed by atoms with Crippen LogP contribution in [-0.2, 0) is 0 Å². The van der Waals surface area contributed by atoms with E-state index in [9.17, 15) is 0 Å². The highest BCUT2D eigenvalue weighted by atomic mass is 14.2. The normalized spacial score (nSPS) is 17.1. The first-order chi connectivity index (χ1) is 6.68. The van der Waals surface area contributed by atoms with Gasteiger partial charge in [0, 0.05) is 0 Å². The van der Waals surface area contributed by atoms with E-state index in [4.69, 9.17) is 0 Å². The standard InChI is InChI=1S/C14H20/c1-10(2)14-8-7-13(9-11(14)3)12-5-4-6-12/h7-10,12H,4-6H2,1-3H3. The summed E-state index contributed by atoms with van der Waals surface area (Å²) in [5.74, 6) is 1.53. The molecule has 1 fully saturated rings. The molecule has 0 radical (unpaired) electrons. The number of benzene rings is 1. The van der Waals surface area contributed by atoms with Gasteiger partial charge < -0.3 is 0 Å². The van der Waals surface area contributed by atoms with E-state index < -0.39 is 0 Å². The predicted molar refractivity (Wildman–Crippen MR) is 61.9 cm³/mol. The van der Waals surface area contributed by atoms with Crippen LogP contribution in [-0.4, -0.2) is 0 Å². The second kappa shape index (κ2) is 3.76. The van der Waals surface area contributed by atoms with Crippen molar-refractivity contribution in [2.45, 2.75) is 51.9 Å². The van der Waals surface area contributed by atoms with Crippen molar-refractivity contribution in [1.82, 2.24) is 0 Å². The second-order valence-corrected chi connectivity index (χ2v) is 4.90. The number of aryl methyl sites for hydroxylation is 1. The summed E-state index contributed by atoms with van der Waals surface area (Å²) in [4.78, 5) is 0. The highest BCUT2D eigenvalue weighted by Gasteiger charge is 2.19. The van der Waals surface area contributed by atoms with E-state index >= 15 is 0 Å². The first-order valence-electron chi connectivity index (χ1n) is 5.79. The van der Waals surface area contributed by atoms with Crippen molar-refractivity contribution in [2.75, 3.05) is 0 Å². The van der Waals surface area contributed by atoms with E-state index in [0.29, 0.717) is 5.92 Å². The molecular formula is C14H20. The number of hydrogen-bond donors (Lipinski definition) is 0. The zero-order valence-corrected chi connectivity index (χ0v) is 9.51. The topological polar surface area (TPSA) is 0 Å². The SMILES string of the molecule is Cc1cc(C2CCC2)ccc1C(C)C. The average Bonchev–Trinajstić information content (AvgIpc) is 2.00. The quantitative estimate of drug-likeness (QED) is 0.646. The summed E-state index contributed by atoms with van der Waals surface area (Å²) < 4.78 is 0. The van der Waals surface area contributed by atoms with Gasteiger partial charge in [-0.15, -0.1) is 0 Å². The van der Waals surface area contributed by atoms with Crippen LogP contribution in [0.1, 0.15) is 61.6 Å². The lowest BCUT2D eigenvalue weighted by Gasteiger charge is -2.26. The molecule has 0 saturated heterocycles. The molecule has 0 bridgehead atoms. The van der Waals surface area contributed by atoms with Crippen LogP contribution in [0.5, 0.6) is 0 Å². The zero-order valence-electron chi connectivity index (χ0n) is 9.51. The largest absolute Gasteiger partial charge is 0.0587 e. The van der Waals surface area contributed by atoms with Gasteiger partial charge in [0.25, 0.3) is 0 Å². The van der Waals surface area contributed by atoms with Gasteiger partial charge in [0.1, 0.15) is 0 Å². The van der Waals surface area contributed by atoms with E-state index in [-0.39, 0.29) is 0 Å². The maximum atomic E-state index is 2.40. The summed E-state index contributed by atoms with van der Waals surface area (Å²) in [6.45, 7) is 6.79. The molecule has 1 aliphatic rings. The number of hydrogen-bond acceptors (Lipinski definition) is 0. The summed E-state index contributed by atoms with van der Waals surface area (Å²) >= 11 is 0. The molecule has 0 heteroatoms. The molecule has 0 unspecified atom stereocenters. The fourth-order valence-electron chi connectivity index (χ4n) is 2.34. The van der Waals surface area contributed by atoms with E-state index in [1.807, 2.05) is 0 Å². The van der Waals surface area contributed by atoms with Gasteiger partial charge in [-0.2, -0.15) is 0 Å². The Hall–Kier alpha value is -0.780. The van der Waals surface area contributed by atoms with Crippen LogP contribution in [0.4, 0.5) is 0 Å². The third kappa shape index (κ3) is 1.70. The molecule has 0 atom stereocenters. The van der Waals surface area contributed by atoms with E-state index in [0.717, 1.165) is 5.92 Å². The van der Waals surface area contributed by atoms with Crippen molar-refractivity contribution >= 4 is 0 Å². The minimum absolute atomic E-state index is 0.658. The minimum atomic E-state index is 0.658. The molecule has 0 spiro atoms. The monoisotopic (exact) mass is 188 g/mol. The molecule has 76 valence electrons. The van der Waals surface area contributed by atoms with E-state index in [1.165, 1.54) is 30.4 Å². The Labute approximate surface area is 87.3 Å². The van der Waals surface area contributed by atoms with Crippen LogP contribution in [0.2, 0.25) is 0 Å². The van der Waals surface area contributed by atoms with Crippen LogP contribution in [0.25, 0.3) is 0 Å². The molecule has 0 aliphatic heterocycles. The Bertz CT molecular complexity index is 319. The van der Waals surface area contributed by atoms with Crippen LogP contribution in [0, 0.1) is 6.92 Å². The Kier molecular flexibility index (Phi) is 2.62. The summed E-state index contributed by atoms with van der Waals surface area (Å²) in [5.41, 5.74) is 4.55. The number of rotatable bonds is 2. The summed E-state index contributed by atoms with van der Waals surface area (Å²) in [6, 6.07) is 7.07. The van der Waals surface area contributed by atoms with Gasteiger partial charge in [0.2, 0.25) is 0 Å². The molecule has 2 rings (SSSR count). The molecule has 0 aromatic heterocycles. The van der Waals surface area contributed by atoms with Crippen LogP contribution < -0.4 is 0 Å². The van der Waals surface area contributed by atoms with Gasteiger partial charge in [-0.1, -0.05) is 38.5 Å². The second-order valence-electron chi connectivity index (χ2n) is 4.90. The van der Waals surface area contributed by atoms with Gasteiger partial charge in [-0.3, -0.25) is 0 Å². The van der Waals surface area contributed by atoms with Crippen LogP contribution >= 0.6 is 0 Å². The molecule has 1 aromatic rings. The van der Waals surface area contributed by atoms with Crippen LogP contribution in [0.15, 0.2) is 18.2 Å². The fourth-order valence-corrected chi connectivity index (χ4v) is 2.34. The van der Waals surface area contributed by atoms with E-state index in [2.05, 4.69) is 39.0 Å². The molecule has 0 heterocycles. The van der Waals surface area contributed by atoms with Gasteiger partial charge in [0.15, 0.2) is 0 Å². The molecule has 14 heavy (non-hydrogen) atoms. The fraction of sp³-hybridized carbons (Fsp3) is 0.571. The van der Waals surface area contributed by atoms with Gasteiger partial charge in [-0.05, 0) is 48.3 Å². The molecular weight excluding hydrogens is 168 g/mol. The average molecular weight is 188 g/mol. The highest BCUT2D eigenvalue weighted by molar-refractivity contribution is 5.35. The lowest BCUT2D eigenvalue weighted by Crippen LogP contribution is -2.09. The lowest BCUT2D eigenvalue weighted by molar-refractivity contribution is 0.419. The molecule has 1 aliphatic carbocycles. The van der Waals surface area contributed by atoms with Crippen molar-refractivity contribution < 1.29 is 0 Å². The molecule has 0 nitrogen and oxygen atoms in total. The van der Waals surface area contributed by atoms with Crippen molar-refractivity contribution in [3.8, 4) is 0 Å². The van der Waals surface area contributed by atoms with Gasteiger partial charge in [0.05, 0.1) is 0 Å². The van der Waals surface area contributed by atoms with Crippen LogP contribution in [0.3, 0.4) is 0 Å². The first kappa shape index (κ1) is 9.76. The van der Waals surface area contributed by atoms with Gasteiger partial charge >= 0.3 is 0 Å². The van der Waals surface area contributed by atoms with Crippen molar-refractivity contribution in [3.05, 3.63) is 34.9 Å². The maximum absolute atomic E-state index is 2.40. The summed E-state index contributed by atoms with van der Waals surface area (Å²) in [6.07, 6.45) is 4.23. The maximum Gasteiger partial charge on any atom is -0.0162 e. The Morgan fingerprint density at radius 1 is 1.21 bits per heavy atom. The zero-order chi connectivity index (χ0) is 10.1. The first-order valence-corrected chi connectivity index (χ1v) is 5.79. The van der Waals surface area contributed by atoms with E-state index in [1.54, 1.807) is 5.56 Å². The molecule has 1 aromatic carbocycles. The molecule has 0 N–H and O–H groups in total. The third-order valence-corrected chi connectivity index (χ3v) is 3.49. The van der Waals surface area contributed by atoms with Crippen molar-refractivity contribution in [3.63, 3.8) is 0 Å². The lowest BCUT2D eigenvalue weighted by atomic mass is 9.79. The predicted octanol–water partition coefficient (Wildman–Crippen LogP) is 4.39. The highest BCUT2D eigenvalue weighted by Crippen LogP contribution is 2.37. The third-order valence-electron chi connectivity index (χ3n) is 3.49. The minimum Gasteiger partial charge on any atom is -0.0587 e. The van der Waals surface area contributed by atoms with Crippen molar-refractivity contribution in [1.29, 1.82) is 0 Å². The Morgan fingerprint density at radius 3 is 2.36 bits per heavy atom. The Balaban J connectivity index is 2.25. The smallest absolute Gasteiger partial charge is 0.0162 e. The molecule has 0 amide bonds. The Morgan fingerprint density at radius 2 is 1.93 bits per heavy atom. The summed E-state index contributed by atoms with van der Waals surface area (Å²) in [7, 11) is 0. The van der Waals surface area contributed by atoms with Gasteiger partial charge in [-0.25, -0.2) is 0 Å².